The molecule has 2 heterocycles. The van der Waals surface area contributed by atoms with Crippen LogP contribution >= 0.6 is 0 Å². The monoisotopic (exact) mass is 346 g/mol. The summed E-state index contributed by atoms with van der Waals surface area (Å²) in [5.74, 6) is 0.750. The highest BCUT2D eigenvalue weighted by atomic mass is 16.6. The third-order valence-corrected chi connectivity index (χ3v) is 4.34. The normalized spacial score (nSPS) is 16.7. The fourth-order valence-electron chi connectivity index (χ4n) is 3.14. The first kappa shape index (κ1) is 16.7. The zero-order valence-corrected chi connectivity index (χ0v) is 13.9. The summed E-state index contributed by atoms with van der Waals surface area (Å²) in [5, 5.41) is 17.1. The predicted molar refractivity (Wildman–Crippen MR) is 87.8 cm³/mol. The molecule has 1 amide bonds. The molecule has 9 nitrogen and oxygen atoms in total. The van der Waals surface area contributed by atoms with E-state index in [-0.39, 0.29) is 17.4 Å². The van der Waals surface area contributed by atoms with Crippen molar-refractivity contribution in [3.63, 3.8) is 0 Å². The van der Waals surface area contributed by atoms with Gasteiger partial charge in [0.15, 0.2) is 11.5 Å². The largest absolute Gasteiger partial charge is 0.493 e. The smallest absolute Gasteiger partial charge is 0.319 e. The van der Waals surface area contributed by atoms with Crippen LogP contribution in [0.5, 0.6) is 11.5 Å². The summed E-state index contributed by atoms with van der Waals surface area (Å²) in [7, 11) is 3.10. The van der Waals surface area contributed by atoms with E-state index in [1.165, 1.54) is 0 Å². The first-order chi connectivity index (χ1) is 12.1. The third-order valence-electron chi connectivity index (χ3n) is 4.34. The third kappa shape index (κ3) is 3.00. The van der Waals surface area contributed by atoms with E-state index in [4.69, 9.17) is 9.47 Å². The minimum atomic E-state index is -0.613. The SMILES string of the molecule is COc1ccc([C@@H]2CCCN2C(=O)c2[nH]ncc2[N+](=O)[O-])cc1OC. The summed E-state index contributed by atoms with van der Waals surface area (Å²) in [6, 6.07) is 5.30. The van der Waals surface area contributed by atoms with Gasteiger partial charge in [-0.1, -0.05) is 6.07 Å². The van der Waals surface area contributed by atoms with E-state index in [1.807, 2.05) is 12.1 Å². The summed E-state index contributed by atoms with van der Waals surface area (Å²) in [4.78, 5) is 24.9. The second-order valence-electron chi connectivity index (χ2n) is 5.66. The van der Waals surface area contributed by atoms with Gasteiger partial charge >= 0.3 is 5.69 Å². The van der Waals surface area contributed by atoms with Crippen LogP contribution < -0.4 is 9.47 Å². The van der Waals surface area contributed by atoms with Gasteiger partial charge in [0, 0.05) is 6.54 Å². The maximum absolute atomic E-state index is 12.8. The molecule has 2 aromatic rings. The van der Waals surface area contributed by atoms with Crippen molar-refractivity contribution in [1.82, 2.24) is 15.1 Å². The minimum Gasteiger partial charge on any atom is -0.493 e. The number of carbonyl (C=O) groups is 1. The number of nitrogens with zero attached hydrogens (tertiary/aromatic N) is 3. The molecule has 1 aromatic carbocycles. The van der Waals surface area contributed by atoms with E-state index >= 15 is 0 Å². The molecule has 132 valence electrons. The van der Waals surface area contributed by atoms with Gasteiger partial charge in [-0.25, -0.2) is 0 Å². The Bertz CT molecular complexity index is 804. The molecule has 3 rings (SSSR count). The molecule has 25 heavy (non-hydrogen) atoms. The van der Waals surface area contributed by atoms with E-state index in [1.54, 1.807) is 25.2 Å². The van der Waals surface area contributed by atoms with E-state index in [2.05, 4.69) is 10.2 Å². The van der Waals surface area contributed by atoms with Gasteiger partial charge in [-0.15, -0.1) is 0 Å². The van der Waals surface area contributed by atoms with Crippen molar-refractivity contribution < 1.29 is 19.2 Å². The Hall–Kier alpha value is -3.10. The molecule has 1 saturated heterocycles. The van der Waals surface area contributed by atoms with Crippen LogP contribution in [-0.4, -0.2) is 46.7 Å². The number of hydrogen-bond donors (Lipinski definition) is 1. The predicted octanol–water partition coefficient (Wildman–Crippen LogP) is 2.31. The highest BCUT2D eigenvalue weighted by Crippen LogP contribution is 2.38. The molecule has 1 aliphatic heterocycles. The molecule has 1 atom stereocenters. The first-order valence-corrected chi connectivity index (χ1v) is 7.77. The van der Waals surface area contributed by atoms with E-state index in [0.29, 0.717) is 18.0 Å². The topological polar surface area (TPSA) is 111 Å². The maximum Gasteiger partial charge on any atom is 0.319 e. The van der Waals surface area contributed by atoms with E-state index in [0.717, 1.165) is 24.6 Å². The number of nitrogens with one attached hydrogen (secondary N) is 1. The van der Waals surface area contributed by atoms with Gasteiger partial charge in [0.05, 0.1) is 25.2 Å². The number of methoxy groups -OCH3 is 2. The lowest BCUT2D eigenvalue weighted by Crippen LogP contribution is -2.31. The second-order valence-corrected chi connectivity index (χ2v) is 5.66. The van der Waals surface area contributed by atoms with Crippen molar-refractivity contribution in [2.45, 2.75) is 18.9 Å². The number of ether oxygens (including phenoxy) is 2. The van der Waals surface area contributed by atoms with E-state index < -0.39 is 10.8 Å². The lowest BCUT2D eigenvalue weighted by atomic mass is 10.0. The first-order valence-electron chi connectivity index (χ1n) is 7.77. The summed E-state index contributed by atoms with van der Waals surface area (Å²) in [6.45, 7) is 0.522. The lowest BCUT2D eigenvalue weighted by molar-refractivity contribution is -0.385. The standard InChI is InChI=1S/C16H18N4O5/c1-24-13-6-5-10(8-14(13)25-2)11-4-3-7-19(11)16(21)15-12(20(22)23)9-17-18-15/h5-6,8-9,11H,3-4,7H2,1-2H3,(H,17,18)/t11-/m0/s1. The molecule has 0 radical (unpaired) electrons. The number of H-pyrrole nitrogens is 1. The molecule has 1 aromatic heterocycles. The van der Waals surface area contributed by atoms with Gasteiger partial charge in [-0.3, -0.25) is 20.0 Å². The van der Waals surface area contributed by atoms with Gasteiger partial charge in [0.2, 0.25) is 5.69 Å². The van der Waals surface area contributed by atoms with Crippen molar-refractivity contribution in [2.24, 2.45) is 0 Å². The van der Waals surface area contributed by atoms with Gasteiger partial charge in [-0.05, 0) is 30.5 Å². The fourth-order valence-corrected chi connectivity index (χ4v) is 3.14. The number of aromatic amines is 1. The molecule has 0 saturated carbocycles. The quantitative estimate of drug-likeness (QED) is 0.657. The number of carbonyl (C=O) groups excluding carboxylic acids is 1. The van der Waals surface area contributed by atoms with Gasteiger partial charge in [0.25, 0.3) is 5.91 Å². The number of benzene rings is 1. The van der Waals surface area contributed by atoms with Crippen LogP contribution in [0, 0.1) is 10.1 Å². The molecule has 1 aliphatic rings. The highest BCUT2D eigenvalue weighted by Gasteiger charge is 2.35. The van der Waals surface area contributed by atoms with Gasteiger partial charge < -0.3 is 14.4 Å². The number of nitro groups is 1. The minimum absolute atomic E-state index is 0.0997. The molecule has 1 fully saturated rings. The molecule has 0 unspecified atom stereocenters. The number of likely N-dealkylation sites (tertiary alicyclic amines) is 1. The molecule has 1 N–H and O–H groups in total. The zero-order chi connectivity index (χ0) is 18.0. The second kappa shape index (κ2) is 6.80. The van der Waals surface area contributed by atoms with Gasteiger partial charge in [0.1, 0.15) is 6.20 Å². The van der Waals surface area contributed by atoms with Crippen LogP contribution in [0.2, 0.25) is 0 Å². The molecule has 0 spiro atoms. The summed E-state index contributed by atoms with van der Waals surface area (Å²) >= 11 is 0. The number of aromatic nitrogens is 2. The summed E-state index contributed by atoms with van der Waals surface area (Å²) < 4.78 is 10.6. The average Bonchev–Trinajstić information content (AvgIpc) is 3.29. The number of hydrogen-bond acceptors (Lipinski definition) is 6. The Morgan fingerprint density at radius 3 is 2.80 bits per heavy atom. The molecular weight excluding hydrogens is 328 g/mol. The van der Waals surface area contributed by atoms with Crippen molar-refractivity contribution in [1.29, 1.82) is 0 Å². The zero-order valence-electron chi connectivity index (χ0n) is 13.9. The summed E-state index contributed by atoms with van der Waals surface area (Å²) in [5.41, 5.74) is 0.478. The van der Waals surface area contributed by atoms with Crippen molar-refractivity contribution in [3.05, 3.63) is 45.8 Å². The van der Waals surface area contributed by atoms with Crippen LogP contribution in [0.4, 0.5) is 5.69 Å². The van der Waals surface area contributed by atoms with Crippen LogP contribution in [-0.2, 0) is 0 Å². The highest BCUT2D eigenvalue weighted by molar-refractivity contribution is 5.96. The van der Waals surface area contributed by atoms with Crippen LogP contribution in [0.3, 0.4) is 0 Å². The molecule has 0 bridgehead atoms. The fraction of sp³-hybridized carbons (Fsp3) is 0.375. The lowest BCUT2D eigenvalue weighted by Gasteiger charge is -2.25. The molecular formula is C16H18N4O5. The molecule has 0 aliphatic carbocycles. The van der Waals surface area contributed by atoms with Gasteiger partial charge in [-0.2, -0.15) is 5.10 Å². The summed E-state index contributed by atoms with van der Waals surface area (Å²) in [6.07, 6.45) is 2.63. The Labute approximate surface area is 143 Å². The number of rotatable bonds is 5. The van der Waals surface area contributed by atoms with Crippen LogP contribution in [0.15, 0.2) is 24.4 Å². The maximum atomic E-state index is 12.8. The average molecular weight is 346 g/mol. The Kier molecular flexibility index (Phi) is 4.55. The Balaban J connectivity index is 1.91. The van der Waals surface area contributed by atoms with Crippen molar-refractivity contribution in [2.75, 3.05) is 20.8 Å². The Morgan fingerprint density at radius 1 is 1.36 bits per heavy atom. The number of amides is 1. The van der Waals surface area contributed by atoms with Crippen molar-refractivity contribution in [3.8, 4) is 11.5 Å². The van der Waals surface area contributed by atoms with Crippen LogP contribution in [0.25, 0.3) is 0 Å². The van der Waals surface area contributed by atoms with Crippen LogP contribution in [0.1, 0.15) is 34.9 Å². The Morgan fingerprint density at radius 2 is 2.12 bits per heavy atom. The van der Waals surface area contributed by atoms with E-state index in [9.17, 15) is 14.9 Å². The molecule has 9 heteroatoms. The van der Waals surface area contributed by atoms with Crippen molar-refractivity contribution >= 4 is 11.6 Å².